The second-order valence-electron chi connectivity index (χ2n) is 3.97. The number of hydrogen-bond donors (Lipinski definition) is 1. The Balaban J connectivity index is 2.72. The molecule has 96 valence electrons. The van der Waals surface area contributed by atoms with Crippen molar-refractivity contribution in [3.8, 4) is 0 Å². The summed E-state index contributed by atoms with van der Waals surface area (Å²) in [6, 6.07) is 6.27. The van der Waals surface area contributed by atoms with Crippen molar-refractivity contribution in [2.45, 2.75) is 13.8 Å². The molecule has 1 N–H and O–H groups in total. The summed E-state index contributed by atoms with van der Waals surface area (Å²) in [6.45, 7) is 4.15. The van der Waals surface area contributed by atoms with E-state index < -0.39 is 8.80 Å². The van der Waals surface area contributed by atoms with Crippen molar-refractivity contribution in [1.82, 2.24) is 0 Å². The Kier molecular flexibility index (Phi) is 5.14. The first kappa shape index (κ1) is 14.2. The number of aryl methyl sites for hydroxylation is 2. The molecule has 0 saturated heterocycles. The van der Waals surface area contributed by atoms with E-state index in [2.05, 4.69) is 37.4 Å². The van der Waals surface area contributed by atoms with E-state index in [0.717, 1.165) is 5.69 Å². The van der Waals surface area contributed by atoms with Gasteiger partial charge in [0.15, 0.2) is 0 Å². The molecule has 17 heavy (non-hydrogen) atoms. The Bertz CT molecular complexity index is 359. The molecule has 0 unspecified atom stereocenters. The van der Waals surface area contributed by atoms with Crippen LogP contribution >= 0.6 is 0 Å². The lowest BCUT2D eigenvalue weighted by molar-refractivity contribution is 0.127. The molecule has 0 aliphatic heterocycles. The number of nitrogens with one attached hydrogen (secondary N) is 1. The molecule has 0 amide bonds. The standard InChI is InChI=1S/C12H21NO3Si/c1-10-6-7-12(11(2)8-10)13-9-17(14-3,15-4)16-5/h6-8,13H,9H2,1-5H3. The van der Waals surface area contributed by atoms with Gasteiger partial charge in [0.2, 0.25) is 0 Å². The van der Waals surface area contributed by atoms with Gasteiger partial charge in [-0.05, 0) is 25.5 Å². The zero-order chi connectivity index (χ0) is 12.9. The Morgan fingerprint density at radius 1 is 1.06 bits per heavy atom. The average Bonchev–Trinajstić information content (AvgIpc) is 2.33. The number of hydrogen-bond acceptors (Lipinski definition) is 4. The van der Waals surface area contributed by atoms with Crippen LogP contribution in [-0.2, 0) is 13.3 Å². The van der Waals surface area contributed by atoms with Gasteiger partial charge in [0.25, 0.3) is 0 Å². The van der Waals surface area contributed by atoms with Gasteiger partial charge in [-0.15, -0.1) is 0 Å². The molecule has 5 heteroatoms. The van der Waals surface area contributed by atoms with Crippen molar-refractivity contribution in [3.63, 3.8) is 0 Å². The van der Waals surface area contributed by atoms with E-state index in [4.69, 9.17) is 13.3 Å². The highest BCUT2D eigenvalue weighted by molar-refractivity contribution is 6.61. The summed E-state index contributed by atoms with van der Waals surface area (Å²) in [5.41, 5.74) is 3.54. The van der Waals surface area contributed by atoms with Crippen LogP contribution in [0.3, 0.4) is 0 Å². The zero-order valence-electron chi connectivity index (χ0n) is 11.2. The molecule has 0 aromatic heterocycles. The molecule has 0 bridgehead atoms. The highest BCUT2D eigenvalue weighted by atomic mass is 28.4. The Morgan fingerprint density at radius 2 is 1.65 bits per heavy atom. The first-order chi connectivity index (χ1) is 8.06. The van der Waals surface area contributed by atoms with Gasteiger partial charge in [0.1, 0.15) is 0 Å². The van der Waals surface area contributed by atoms with Crippen molar-refractivity contribution >= 4 is 14.5 Å². The van der Waals surface area contributed by atoms with Crippen LogP contribution in [0, 0.1) is 13.8 Å². The highest BCUT2D eigenvalue weighted by Crippen LogP contribution is 2.17. The fourth-order valence-electron chi connectivity index (χ4n) is 1.68. The van der Waals surface area contributed by atoms with Gasteiger partial charge < -0.3 is 18.6 Å². The fourth-order valence-corrected chi connectivity index (χ4v) is 3.02. The predicted octanol–water partition coefficient (Wildman–Crippen LogP) is 2.13. The summed E-state index contributed by atoms with van der Waals surface area (Å²) in [5, 5.41) is 3.32. The summed E-state index contributed by atoms with van der Waals surface area (Å²) < 4.78 is 16.1. The van der Waals surface area contributed by atoms with Crippen LogP contribution in [0.2, 0.25) is 0 Å². The molecule has 0 radical (unpaired) electrons. The SMILES string of the molecule is CO[Si](CNc1ccc(C)cc1C)(OC)OC. The largest absolute Gasteiger partial charge is 0.520 e. The fraction of sp³-hybridized carbons (Fsp3) is 0.500. The van der Waals surface area contributed by atoms with E-state index >= 15 is 0 Å². The van der Waals surface area contributed by atoms with Gasteiger partial charge in [-0.2, -0.15) is 0 Å². The van der Waals surface area contributed by atoms with Crippen LogP contribution in [0.15, 0.2) is 18.2 Å². The Hall–Kier alpha value is -0.883. The first-order valence-corrected chi connectivity index (χ1v) is 7.46. The van der Waals surface area contributed by atoms with Crippen molar-refractivity contribution < 1.29 is 13.3 Å². The van der Waals surface area contributed by atoms with Crippen molar-refractivity contribution in [2.75, 3.05) is 32.8 Å². The minimum absolute atomic E-state index is 0.556. The topological polar surface area (TPSA) is 39.7 Å². The molecule has 0 aliphatic rings. The van der Waals surface area contributed by atoms with Gasteiger partial charge in [-0.1, -0.05) is 17.7 Å². The molecular formula is C12H21NO3Si. The second-order valence-corrected chi connectivity index (χ2v) is 6.91. The molecule has 0 fully saturated rings. The second kappa shape index (κ2) is 6.16. The maximum Gasteiger partial charge on any atom is 0.520 e. The third-order valence-electron chi connectivity index (χ3n) is 2.81. The summed E-state index contributed by atoms with van der Waals surface area (Å²) in [5.74, 6) is 0. The molecule has 1 rings (SSSR count). The maximum absolute atomic E-state index is 5.35. The molecular weight excluding hydrogens is 234 g/mol. The van der Waals surface area contributed by atoms with E-state index in [1.165, 1.54) is 11.1 Å². The maximum atomic E-state index is 5.35. The van der Waals surface area contributed by atoms with Gasteiger partial charge in [0.05, 0.1) is 6.17 Å². The van der Waals surface area contributed by atoms with Crippen LogP contribution in [0.25, 0.3) is 0 Å². The monoisotopic (exact) mass is 255 g/mol. The molecule has 1 aromatic carbocycles. The van der Waals surface area contributed by atoms with E-state index in [1.54, 1.807) is 21.3 Å². The van der Waals surface area contributed by atoms with Gasteiger partial charge in [-0.3, -0.25) is 0 Å². The summed E-state index contributed by atoms with van der Waals surface area (Å²) >= 11 is 0. The minimum atomic E-state index is -2.55. The van der Waals surface area contributed by atoms with E-state index in [0.29, 0.717) is 6.17 Å². The van der Waals surface area contributed by atoms with Crippen LogP contribution in [0.5, 0.6) is 0 Å². The molecule has 0 heterocycles. The third-order valence-corrected chi connectivity index (χ3v) is 5.29. The lowest BCUT2D eigenvalue weighted by atomic mass is 10.1. The molecule has 0 atom stereocenters. The molecule has 0 spiro atoms. The Morgan fingerprint density at radius 3 is 2.12 bits per heavy atom. The highest BCUT2D eigenvalue weighted by Gasteiger charge is 2.37. The van der Waals surface area contributed by atoms with Crippen molar-refractivity contribution in [2.24, 2.45) is 0 Å². The third kappa shape index (κ3) is 3.54. The van der Waals surface area contributed by atoms with Gasteiger partial charge in [-0.25, -0.2) is 0 Å². The summed E-state index contributed by atoms with van der Waals surface area (Å²) in [6.07, 6.45) is 0.556. The zero-order valence-corrected chi connectivity index (χ0v) is 12.2. The smallest absolute Gasteiger partial charge is 0.380 e. The van der Waals surface area contributed by atoms with Crippen LogP contribution in [0.1, 0.15) is 11.1 Å². The molecule has 0 saturated carbocycles. The summed E-state index contributed by atoms with van der Waals surface area (Å²) in [4.78, 5) is 0. The van der Waals surface area contributed by atoms with Crippen LogP contribution in [-0.4, -0.2) is 36.3 Å². The van der Waals surface area contributed by atoms with Crippen molar-refractivity contribution in [1.29, 1.82) is 0 Å². The normalized spacial score (nSPS) is 11.6. The summed E-state index contributed by atoms with van der Waals surface area (Å²) in [7, 11) is 2.29. The minimum Gasteiger partial charge on any atom is -0.380 e. The van der Waals surface area contributed by atoms with Crippen LogP contribution in [0.4, 0.5) is 5.69 Å². The average molecular weight is 255 g/mol. The first-order valence-electron chi connectivity index (χ1n) is 5.53. The lowest BCUT2D eigenvalue weighted by Crippen LogP contribution is -2.49. The van der Waals surface area contributed by atoms with E-state index in [-0.39, 0.29) is 0 Å². The van der Waals surface area contributed by atoms with Crippen LogP contribution < -0.4 is 5.32 Å². The van der Waals surface area contributed by atoms with E-state index in [1.807, 2.05) is 0 Å². The van der Waals surface area contributed by atoms with Gasteiger partial charge >= 0.3 is 8.80 Å². The van der Waals surface area contributed by atoms with Crippen molar-refractivity contribution in [3.05, 3.63) is 29.3 Å². The molecule has 0 aliphatic carbocycles. The number of anilines is 1. The van der Waals surface area contributed by atoms with Gasteiger partial charge in [0, 0.05) is 27.0 Å². The number of benzene rings is 1. The molecule has 1 aromatic rings. The predicted molar refractivity (Wildman–Crippen MR) is 71.2 cm³/mol. The lowest BCUT2D eigenvalue weighted by Gasteiger charge is -2.25. The Labute approximate surface area is 104 Å². The van der Waals surface area contributed by atoms with E-state index in [9.17, 15) is 0 Å². The molecule has 4 nitrogen and oxygen atoms in total. The number of rotatable bonds is 6. The quantitative estimate of drug-likeness (QED) is 0.791.